The van der Waals surface area contributed by atoms with Crippen LogP contribution in [0.4, 0.5) is 0 Å². The number of hydrogen-bond donors (Lipinski definition) is 0. The molecular weight excluding hydrogens is 265 g/mol. The van der Waals surface area contributed by atoms with Crippen LogP contribution in [0.2, 0.25) is 0 Å². The zero-order chi connectivity index (χ0) is 7.82. The third kappa shape index (κ3) is 12.1. The van der Waals surface area contributed by atoms with Crippen LogP contribution in [0.25, 0.3) is 0 Å². The summed E-state index contributed by atoms with van der Waals surface area (Å²) in [7, 11) is 0. The van der Waals surface area contributed by atoms with Crippen LogP contribution in [0.15, 0.2) is 0 Å². The van der Waals surface area contributed by atoms with Gasteiger partial charge in [-0.05, 0) is 5.92 Å². The standard InChI is InChI=1S/C10H21.CH3.Cs/c1-4-7-10(8-5-2)9-6-3;;/h10H,1,4-9H2,2-3H3;1H3;/q2*-1;+1. The van der Waals surface area contributed by atoms with Crippen LogP contribution in [0.1, 0.15) is 52.4 Å². The predicted molar refractivity (Wildman–Crippen MR) is 54.3 cm³/mol. The summed E-state index contributed by atoms with van der Waals surface area (Å²) in [5, 5.41) is 0. The molecule has 0 spiro atoms. The molecule has 0 fully saturated rings. The molecule has 0 aliphatic rings. The van der Waals surface area contributed by atoms with Crippen LogP contribution < -0.4 is 68.9 Å². The summed E-state index contributed by atoms with van der Waals surface area (Å²) in [6.45, 7) is 8.43. The predicted octanol–water partition coefficient (Wildman–Crippen LogP) is 1.27. The summed E-state index contributed by atoms with van der Waals surface area (Å²) in [6, 6.07) is 0. The van der Waals surface area contributed by atoms with Crippen LogP contribution in [0, 0.1) is 20.3 Å². The molecule has 0 aromatic heterocycles. The van der Waals surface area contributed by atoms with Crippen molar-refractivity contribution in [2.45, 2.75) is 52.4 Å². The van der Waals surface area contributed by atoms with Crippen LogP contribution >= 0.6 is 0 Å². The normalized spacial score (nSPS) is 9.00. The Balaban J connectivity index is -0.000000405. The van der Waals surface area contributed by atoms with Gasteiger partial charge in [-0.25, -0.2) is 0 Å². The zero-order valence-corrected chi connectivity index (χ0v) is 15.8. The minimum absolute atomic E-state index is 0. The first-order chi connectivity index (χ1) is 4.85. The topological polar surface area (TPSA) is 0 Å². The summed E-state index contributed by atoms with van der Waals surface area (Å²) >= 11 is 0. The smallest absolute Gasteiger partial charge is 0.358 e. The van der Waals surface area contributed by atoms with E-state index in [9.17, 15) is 0 Å². The van der Waals surface area contributed by atoms with Crippen LogP contribution in [-0.4, -0.2) is 0 Å². The summed E-state index contributed by atoms with van der Waals surface area (Å²) in [5.74, 6) is 0.965. The average Bonchev–Trinajstić information content (AvgIpc) is 1.90. The van der Waals surface area contributed by atoms with Gasteiger partial charge >= 0.3 is 68.9 Å². The molecule has 0 aromatic rings. The maximum absolute atomic E-state index is 3.89. The van der Waals surface area contributed by atoms with Crippen molar-refractivity contribution in [1.29, 1.82) is 0 Å². The van der Waals surface area contributed by atoms with Gasteiger partial charge < -0.3 is 14.4 Å². The van der Waals surface area contributed by atoms with Crippen LogP contribution in [0.5, 0.6) is 0 Å². The Labute approximate surface area is 139 Å². The summed E-state index contributed by atoms with van der Waals surface area (Å²) in [4.78, 5) is 0. The van der Waals surface area contributed by atoms with E-state index in [1.165, 1.54) is 32.1 Å². The van der Waals surface area contributed by atoms with Crippen LogP contribution in [0.3, 0.4) is 0 Å². The third-order valence-corrected chi connectivity index (χ3v) is 2.01. The van der Waals surface area contributed by atoms with Gasteiger partial charge in [-0.2, -0.15) is 6.42 Å². The maximum Gasteiger partial charge on any atom is 1.00 e. The van der Waals surface area contributed by atoms with E-state index in [0.29, 0.717) is 0 Å². The van der Waals surface area contributed by atoms with Gasteiger partial charge in [0.05, 0.1) is 0 Å². The molecule has 0 saturated carbocycles. The molecule has 0 rings (SSSR count). The molecular formula is C11H24Cs-. The number of hydrogen-bond acceptors (Lipinski definition) is 0. The molecule has 0 nitrogen and oxygen atoms in total. The van der Waals surface area contributed by atoms with E-state index >= 15 is 0 Å². The molecule has 0 radical (unpaired) electrons. The molecule has 0 bridgehead atoms. The molecule has 0 saturated heterocycles. The SMILES string of the molecule is [CH2-]CCC(CCC)CCC.[CH3-].[Cs+]. The fourth-order valence-corrected chi connectivity index (χ4v) is 1.54. The second kappa shape index (κ2) is 15.5. The fraction of sp³-hybridized carbons (Fsp3) is 0.818. The van der Waals surface area contributed by atoms with E-state index in [0.717, 1.165) is 12.3 Å². The van der Waals surface area contributed by atoms with Gasteiger partial charge in [-0.15, -0.1) is 0 Å². The van der Waals surface area contributed by atoms with E-state index < -0.39 is 0 Å². The summed E-state index contributed by atoms with van der Waals surface area (Å²) < 4.78 is 0. The van der Waals surface area contributed by atoms with Crippen LogP contribution in [-0.2, 0) is 0 Å². The minimum atomic E-state index is 0. The van der Waals surface area contributed by atoms with E-state index in [1.807, 2.05) is 0 Å². The molecule has 70 valence electrons. The van der Waals surface area contributed by atoms with Gasteiger partial charge in [0.15, 0.2) is 0 Å². The zero-order valence-electron chi connectivity index (χ0n) is 9.53. The van der Waals surface area contributed by atoms with Crippen molar-refractivity contribution in [3.63, 3.8) is 0 Å². The van der Waals surface area contributed by atoms with Crippen molar-refractivity contribution in [2.75, 3.05) is 0 Å². The van der Waals surface area contributed by atoms with Crippen molar-refractivity contribution in [2.24, 2.45) is 5.92 Å². The molecule has 0 atom stereocenters. The van der Waals surface area contributed by atoms with E-state index in [-0.39, 0.29) is 76.3 Å². The van der Waals surface area contributed by atoms with E-state index in [2.05, 4.69) is 20.8 Å². The maximum atomic E-state index is 3.89. The largest absolute Gasteiger partial charge is 1.00 e. The van der Waals surface area contributed by atoms with Crippen molar-refractivity contribution >= 4 is 0 Å². The molecule has 1 heteroatoms. The van der Waals surface area contributed by atoms with Gasteiger partial charge in [-0.3, -0.25) is 0 Å². The Morgan fingerprint density at radius 2 is 1.42 bits per heavy atom. The molecule has 0 aliphatic carbocycles. The molecule has 12 heavy (non-hydrogen) atoms. The van der Waals surface area contributed by atoms with Gasteiger partial charge in [0.1, 0.15) is 0 Å². The van der Waals surface area contributed by atoms with Crippen molar-refractivity contribution in [1.82, 2.24) is 0 Å². The fourth-order valence-electron chi connectivity index (χ4n) is 1.54. The monoisotopic (exact) mass is 289 g/mol. The second-order valence-corrected chi connectivity index (χ2v) is 3.09. The first-order valence-corrected chi connectivity index (χ1v) is 4.64. The Morgan fingerprint density at radius 1 is 1.00 bits per heavy atom. The second-order valence-electron chi connectivity index (χ2n) is 3.09. The molecule has 0 aromatic carbocycles. The van der Waals surface area contributed by atoms with Gasteiger partial charge in [0, 0.05) is 0 Å². The average molecular weight is 289 g/mol. The number of rotatable bonds is 6. The quantitative estimate of drug-likeness (QED) is 0.646. The van der Waals surface area contributed by atoms with E-state index in [1.54, 1.807) is 0 Å². The molecule has 0 heterocycles. The minimum Gasteiger partial charge on any atom is -0.358 e. The van der Waals surface area contributed by atoms with Gasteiger partial charge in [0.2, 0.25) is 0 Å². The van der Waals surface area contributed by atoms with Crippen molar-refractivity contribution in [3.05, 3.63) is 14.4 Å². The van der Waals surface area contributed by atoms with Gasteiger partial charge in [-0.1, -0.05) is 46.0 Å². The Kier molecular flexibility index (Phi) is 25.3. The molecule has 0 N–H and O–H groups in total. The molecule has 0 unspecified atom stereocenters. The molecule has 0 amide bonds. The summed E-state index contributed by atoms with van der Waals surface area (Å²) in [6.07, 6.45) is 7.94. The third-order valence-electron chi connectivity index (χ3n) is 2.01. The Morgan fingerprint density at radius 3 is 1.67 bits per heavy atom. The Bertz CT molecular complexity index is 47.8. The summed E-state index contributed by atoms with van der Waals surface area (Å²) in [5.41, 5.74) is 0. The Hall–Kier alpha value is 2.05. The van der Waals surface area contributed by atoms with E-state index in [4.69, 9.17) is 0 Å². The van der Waals surface area contributed by atoms with Crippen molar-refractivity contribution in [3.8, 4) is 0 Å². The first kappa shape index (κ1) is 19.6. The first-order valence-electron chi connectivity index (χ1n) is 4.64. The molecule has 0 aliphatic heterocycles. The van der Waals surface area contributed by atoms with Gasteiger partial charge in [0.25, 0.3) is 0 Å². The van der Waals surface area contributed by atoms with Crippen molar-refractivity contribution < 1.29 is 68.9 Å².